The van der Waals surface area contributed by atoms with Gasteiger partial charge in [0.15, 0.2) is 0 Å². The van der Waals surface area contributed by atoms with Gasteiger partial charge in [0.2, 0.25) is 0 Å². The summed E-state index contributed by atoms with van der Waals surface area (Å²) in [6.45, 7) is 0. The highest BCUT2D eigenvalue weighted by molar-refractivity contribution is 6.09. The van der Waals surface area contributed by atoms with Crippen LogP contribution in [0.4, 0.5) is 17.1 Å². The predicted octanol–water partition coefficient (Wildman–Crippen LogP) is 18.1. The van der Waals surface area contributed by atoms with Crippen molar-refractivity contribution >= 4 is 60.2 Å². The van der Waals surface area contributed by atoms with Gasteiger partial charge in [-0.2, -0.15) is 0 Å². The van der Waals surface area contributed by atoms with E-state index in [2.05, 4.69) is 66.7 Å². The summed E-state index contributed by atoms with van der Waals surface area (Å²) >= 11 is 0. The number of anilines is 3. The van der Waals surface area contributed by atoms with Crippen LogP contribution >= 0.6 is 0 Å². The molecule has 65 heavy (non-hydrogen) atoms. The second kappa shape index (κ2) is 16.3. The third-order valence-electron chi connectivity index (χ3n) is 12.4. The summed E-state index contributed by atoms with van der Waals surface area (Å²) in [6.07, 6.45) is 0. The summed E-state index contributed by atoms with van der Waals surface area (Å²) in [4.78, 5) is 1.37. The molecule has 0 aromatic heterocycles. The number of fused-ring (bicyclic) bond motifs is 5. The second-order valence-corrected chi connectivity index (χ2v) is 16.2. The van der Waals surface area contributed by atoms with Crippen LogP contribution in [0.5, 0.6) is 0 Å². The highest BCUT2D eigenvalue weighted by Crippen LogP contribution is 2.42. The Labute approximate surface area is 391 Å². The first-order valence-electron chi connectivity index (χ1n) is 25.8. The molecule has 0 radical (unpaired) electrons. The number of rotatable bonds is 8. The standard InChI is InChI=1S/C64H43N/c1-2-11-48(12-3-1)63-42-33-50-15-6-9-19-62(50)64(63)52-31-39-57(40-32-52)65(56-37-29-46(30-38-56)53-34-41-61-54(43-53)26-25-49-14-5-8-18-59(49)61)55-35-27-45(28-36-55)44-21-23-51(24-22-44)60-20-10-16-47-13-4-7-17-58(47)60/h1-43H/i27D,28D,29D,30D,35D,36D,37D,38D. The molecule has 0 bridgehead atoms. The molecule has 0 amide bonds. The van der Waals surface area contributed by atoms with Gasteiger partial charge in [0.1, 0.15) is 0 Å². The molecule has 0 N–H and O–H groups in total. The van der Waals surface area contributed by atoms with E-state index < -0.39 is 24.2 Å². The Morgan fingerprint density at radius 1 is 0.246 bits per heavy atom. The summed E-state index contributed by atoms with van der Waals surface area (Å²) in [5, 5.41) is 8.29. The smallest absolute Gasteiger partial charge is 0.0645 e. The minimum absolute atomic E-state index is 0.0990. The lowest BCUT2D eigenvalue weighted by atomic mass is 9.89. The first-order valence-corrected chi connectivity index (χ1v) is 21.8. The zero-order valence-electron chi connectivity index (χ0n) is 43.2. The van der Waals surface area contributed by atoms with Gasteiger partial charge in [-0.25, -0.2) is 0 Å². The summed E-state index contributed by atoms with van der Waals surface area (Å²) < 4.78 is 77.2. The minimum atomic E-state index is -0.402. The van der Waals surface area contributed by atoms with Gasteiger partial charge in [-0.15, -0.1) is 0 Å². The maximum atomic E-state index is 9.73. The highest BCUT2D eigenvalue weighted by Gasteiger charge is 2.17. The molecule has 0 unspecified atom stereocenters. The topological polar surface area (TPSA) is 3.24 Å². The molecule has 12 aromatic rings. The molecule has 0 spiro atoms. The number of nitrogens with zero attached hydrogens (tertiary/aromatic N) is 1. The SMILES string of the molecule is [2H]c1c([2H])c(N(c2ccc(-c3c(-c4ccccc4)ccc4ccccc34)cc2)c2c([2H])c([2H])c(-c3ccc4c(ccc5ccccc54)c3)c([2H])c2[2H])c([2H])c([2H])c1-c1ccc(-c2cccc3ccccc23)cc1. The molecule has 1 nitrogen and oxygen atoms in total. The van der Waals surface area contributed by atoms with Crippen LogP contribution in [0.1, 0.15) is 11.0 Å². The Bertz CT molecular complexity index is 4110. The van der Waals surface area contributed by atoms with Crippen LogP contribution in [0.25, 0.3) is 98.7 Å². The normalized spacial score (nSPS) is 13.1. The molecule has 0 aliphatic rings. The minimum Gasteiger partial charge on any atom is -0.311 e. The molecule has 12 aromatic carbocycles. The number of hydrogen-bond donors (Lipinski definition) is 0. The zero-order valence-corrected chi connectivity index (χ0v) is 35.2. The lowest BCUT2D eigenvalue weighted by Crippen LogP contribution is -2.09. The van der Waals surface area contributed by atoms with Crippen LogP contribution in [0.2, 0.25) is 0 Å². The summed E-state index contributed by atoms with van der Waals surface area (Å²) in [5.41, 5.74) is 6.97. The molecule has 0 fully saturated rings. The Kier molecular flexibility index (Phi) is 7.66. The van der Waals surface area contributed by atoms with Crippen LogP contribution in [-0.4, -0.2) is 0 Å². The average Bonchev–Trinajstić information content (AvgIpc) is 3.44. The van der Waals surface area contributed by atoms with Crippen molar-refractivity contribution in [3.8, 4) is 55.6 Å². The van der Waals surface area contributed by atoms with Gasteiger partial charge in [0, 0.05) is 17.1 Å². The van der Waals surface area contributed by atoms with Crippen molar-refractivity contribution in [3.63, 3.8) is 0 Å². The van der Waals surface area contributed by atoms with E-state index in [4.69, 9.17) is 0 Å². The van der Waals surface area contributed by atoms with Crippen molar-refractivity contribution in [2.45, 2.75) is 0 Å². The van der Waals surface area contributed by atoms with Gasteiger partial charge >= 0.3 is 0 Å². The van der Waals surface area contributed by atoms with Gasteiger partial charge in [0.25, 0.3) is 0 Å². The van der Waals surface area contributed by atoms with E-state index in [9.17, 15) is 11.0 Å². The van der Waals surface area contributed by atoms with Crippen molar-refractivity contribution in [1.29, 1.82) is 0 Å². The summed E-state index contributed by atoms with van der Waals surface area (Å²) in [5.74, 6) is 0. The van der Waals surface area contributed by atoms with E-state index >= 15 is 0 Å². The number of benzene rings is 12. The molecule has 304 valence electrons. The van der Waals surface area contributed by atoms with Crippen LogP contribution < -0.4 is 4.90 Å². The van der Waals surface area contributed by atoms with Crippen molar-refractivity contribution < 1.29 is 11.0 Å². The molecular formula is C64H43N. The van der Waals surface area contributed by atoms with E-state index in [0.717, 1.165) is 76.5 Å². The first-order chi connectivity index (χ1) is 35.6. The van der Waals surface area contributed by atoms with Crippen LogP contribution in [0, 0.1) is 0 Å². The van der Waals surface area contributed by atoms with E-state index in [1.165, 1.54) is 4.90 Å². The third kappa shape index (κ3) is 7.10. The van der Waals surface area contributed by atoms with Crippen molar-refractivity contribution in [2.75, 3.05) is 4.90 Å². The molecule has 0 atom stereocenters. The molecule has 0 saturated heterocycles. The third-order valence-corrected chi connectivity index (χ3v) is 12.4. The lowest BCUT2D eigenvalue weighted by Gasteiger charge is -2.26. The molecule has 0 saturated carbocycles. The Balaban J connectivity index is 1.04. The van der Waals surface area contributed by atoms with Crippen LogP contribution in [-0.2, 0) is 0 Å². The summed E-state index contributed by atoms with van der Waals surface area (Å²) in [6, 6.07) is 66.6. The monoisotopic (exact) mass is 833 g/mol. The molecule has 12 rings (SSSR count). The highest BCUT2D eigenvalue weighted by atomic mass is 15.1. The maximum absolute atomic E-state index is 9.73. The maximum Gasteiger partial charge on any atom is 0.0645 e. The van der Waals surface area contributed by atoms with Crippen molar-refractivity contribution in [3.05, 3.63) is 261 Å². The molecule has 0 heterocycles. The van der Waals surface area contributed by atoms with Crippen LogP contribution in [0.3, 0.4) is 0 Å². The second-order valence-electron chi connectivity index (χ2n) is 16.2. The fraction of sp³-hybridized carbons (Fsp3) is 0. The van der Waals surface area contributed by atoms with E-state index in [1.807, 2.05) is 133 Å². The summed E-state index contributed by atoms with van der Waals surface area (Å²) in [7, 11) is 0. The molecule has 0 aliphatic heterocycles. The molecule has 0 aliphatic carbocycles. The van der Waals surface area contributed by atoms with Crippen molar-refractivity contribution in [1.82, 2.24) is 0 Å². The quantitative estimate of drug-likeness (QED) is 0.138. The van der Waals surface area contributed by atoms with Gasteiger partial charge < -0.3 is 4.90 Å². The van der Waals surface area contributed by atoms with Gasteiger partial charge in [0.05, 0.1) is 11.0 Å². The number of hydrogen-bond acceptors (Lipinski definition) is 1. The van der Waals surface area contributed by atoms with Gasteiger partial charge in [-0.1, -0.05) is 218 Å². The Morgan fingerprint density at radius 3 is 1.43 bits per heavy atom. The van der Waals surface area contributed by atoms with Gasteiger partial charge in [-0.05, 0) is 141 Å². The predicted molar refractivity (Wildman–Crippen MR) is 278 cm³/mol. The van der Waals surface area contributed by atoms with Gasteiger partial charge in [-0.3, -0.25) is 0 Å². The largest absolute Gasteiger partial charge is 0.311 e. The molecular weight excluding hydrogens is 783 g/mol. The van der Waals surface area contributed by atoms with E-state index in [-0.39, 0.29) is 46.7 Å². The van der Waals surface area contributed by atoms with Crippen LogP contribution in [0.15, 0.2) is 261 Å². The Hall–Kier alpha value is -8.52. The van der Waals surface area contributed by atoms with E-state index in [1.54, 1.807) is 12.1 Å². The van der Waals surface area contributed by atoms with Crippen molar-refractivity contribution in [2.24, 2.45) is 0 Å². The lowest BCUT2D eigenvalue weighted by molar-refractivity contribution is 1.28. The Morgan fingerprint density at radius 2 is 0.723 bits per heavy atom. The molecule has 1 heteroatoms. The average molecular weight is 834 g/mol. The fourth-order valence-corrected chi connectivity index (χ4v) is 9.17. The fourth-order valence-electron chi connectivity index (χ4n) is 9.17. The zero-order chi connectivity index (χ0) is 50.1. The first kappa shape index (κ1) is 30.5. The van der Waals surface area contributed by atoms with E-state index in [0.29, 0.717) is 16.8 Å².